The maximum Gasteiger partial charge on any atom is 0.410 e. The Kier molecular flexibility index (Phi) is 5.86. The normalized spacial score (nSPS) is 14.6. The van der Waals surface area contributed by atoms with Crippen LogP contribution in [0.3, 0.4) is 0 Å². The van der Waals surface area contributed by atoms with Crippen molar-refractivity contribution in [3.05, 3.63) is 29.8 Å². The average Bonchev–Trinajstić information content (AvgIpc) is 2.58. The Bertz CT molecular complexity index is 668. The van der Waals surface area contributed by atoms with E-state index in [-0.39, 0.29) is 18.6 Å². The minimum atomic E-state index is -0.536. The molecule has 1 aliphatic heterocycles. The second-order valence-corrected chi connectivity index (χ2v) is 6.74. The molecular formula is C18H23N3O4. The van der Waals surface area contributed by atoms with Gasteiger partial charge in [-0.3, -0.25) is 4.79 Å². The highest BCUT2D eigenvalue weighted by atomic mass is 16.6. The summed E-state index contributed by atoms with van der Waals surface area (Å²) in [7, 11) is 0. The molecule has 0 N–H and O–H groups in total. The third-order valence-corrected chi connectivity index (χ3v) is 3.64. The Morgan fingerprint density at radius 3 is 2.32 bits per heavy atom. The van der Waals surface area contributed by atoms with Gasteiger partial charge in [-0.05, 0) is 32.9 Å². The number of carbonyl (C=O) groups is 2. The van der Waals surface area contributed by atoms with Gasteiger partial charge in [-0.1, -0.05) is 12.1 Å². The first-order valence-corrected chi connectivity index (χ1v) is 8.18. The predicted octanol–water partition coefficient (Wildman–Crippen LogP) is 2.02. The van der Waals surface area contributed by atoms with Crippen LogP contribution < -0.4 is 4.74 Å². The zero-order valence-electron chi connectivity index (χ0n) is 14.8. The van der Waals surface area contributed by atoms with Crippen LogP contribution in [0, 0.1) is 11.3 Å². The molecule has 1 fully saturated rings. The molecule has 134 valence electrons. The summed E-state index contributed by atoms with van der Waals surface area (Å²) in [5.41, 5.74) is -0.142. The fourth-order valence-electron chi connectivity index (χ4n) is 2.38. The van der Waals surface area contributed by atoms with Crippen molar-refractivity contribution in [2.45, 2.75) is 26.4 Å². The van der Waals surface area contributed by atoms with E-state index in [4.69, 9.17) is 14.7 Å². The first-order chi connectivity index (χ1) is 11.8. The summed E-state index contributed by atoms with van der Waals surface area (Å²) in [5, 5.41) is 9.02. The molecule has 1 aromatic rings. The molecule has 0 radical (unpaired) electrons. The Balaban J connectivity index is 1.81. The summed E-state index contributed by atoms with van der Waals surface area (Å²) in [4.78, 5) is 27.5. The molecule has 1 aliphatic rings. The standard InChI is InChI=1S/C18H23N3O4/c1-18(2,3)25-17(23)21-10-8-20(9-11-21)16(22)13-24-15-7-5-4-6-14(15)12-19/h4-7H,8-11,13H2,1-3H3. The molecular weight excluding hydrogens is 322 g/mol. The number of piperazine rings is 1. The van der Waals surface area contributed by atoms with E-state index in [1.807, 2.05) is 26.8 Å². The SMILES string of the molecule is CC(C)(C)OC(=O)N1CCN(C(=O)COc2ccccc2C#N)CC1. The van der Waals surface area contributed by atoms with Crippen LogP contribution >= 0.6 is 0 Å². The molecule has 2 amide bonds. The Morgan fingerprint density at radius 2 is 1.72 bits per heavy atom. The molecule has 0 aliphatic carbocycles. The van der Waals surface area contributed by atoms with Crippen molar-refractivity contribution in [3.63, 3.8) is 0 Å². The molecule has 0 spiro atoms. The van der Waals surface area contributed by atoms with Gasteiger partial charge in [0.1, 0.15) is 17.4 Å². The van der Waals surface area contributed by atoms with Crippen molar-refractivity contribution in [2.24, 2.45) is 0 Å². The molecule has 0 aromatic heterocycles. The molecule has 0 bridgehead atoms. The average molecular weight is 345 g/mol. The van der Waals surface area contributed by atoms with Crippen molar-refractivity contribution in [2.75, 3.05) is 32.8 Å². The van der Waals surface area contributed by atoms with Crippen LogP contribution in [-0.4, -0.2) is 60.2 Å². The number of carbonyl (C=O) groups excluding carboxylic acids is 2. The third kappa shape index (κ3) is 5.38. The Labute approximate surface area is 147 Å². The zero-order chi connectivity index (χ0) is 18.4. The van der Waals surface area contributed by atoms with Crippen LogP contribution in [0.4, 0.5) is 4.79 Å². The van der Waals surface area contributed by atoms with Gasteiger partial charge >= 0.3 is 6.09 Å². The first-order valence-electron chi connectivity index (χ1n) is 8.18. The number of amides is 2. The summed E-state index contributed by atoms with van der Waals surface area (Å²) >= 11 is 0. The monoisotopic (exact) mass is 345 g/mol. The quantitative estimate of drug-likeness (QED) is 0.837. The Morgan fingerprint density at radius 1 is 1.12 bits per heavy atom. The molecule has 1 saturated heterocycles. The number of hydrogen-bond acceptors (Lipinski definition) is 5. The fraction of sp³-hybridized carbons (Fsp3) is 0.500. The lowest BCUT2D eigenvalue weighted by molar-refractivity contribution is -0.135. The maximum atomic E-state index is 12.3. The number of rotatable bonds is 3. The second kappa shape index (κ2) is 7.88. The van der Waals surface area contributed by atoms with E-state index in [1.54, 1.807) is 34.1 Å². The van der Waals surface area contributed by atoms with Crippen molar-refractivity contribution < 1.29 is 19.1 Å². The van der Waals surface area contributed by atoms with Crippen LogP contribution in [0.5, 0.6) is 5.75 Å². The van der Waals surface area contributed by atoms with Gasteiger partial charge in [0.15, 0.2) is 6.61 Å². The third-order valence-electron chi connectivity index (χ3n) is 3.64. The fourth-order valence-corrected chi connectivity index (χ4v) is 2.38. The number of para-hydroxylation sites is 1. The predicted molar refractivity (Wildman–Crippen MR) is 91.0 cm³/mol. The summed E-state index contributed by atoms with van der Waals surface area (Å²) < 4.78 is 10.8. The Hall–Kier alpha value is -2.75. The lowest BCUT2D eigenvalue weighted by atomic mass is 10.2. The zero-order valence-corrected chi connectivity index (χ0v) is 14.8. The molecule has 7 nitrogen and oxygen atoms in total. The van der Waals surface area contributed by atoms with Gasteiger partial charge in [0.25, 0.3) is 5.91 Å². The van der Waals surface area contributed by atoms with E-state index in [0.29, 0.717) is 37.5 Å². The first kappa shape index (κ1) is 18.6. The van der Waals surface area contributed by atoms with Gasteiger partial charge < -0.3 is 19.3 Å². The maximum absolute atomic E-state index is 12.3. The van der Waals surface area contributed by atoms with E-state index < -0.39 is 5.60 Å². The molecule has 1 aromatic carbocycles. The van der Waals surface area contributed by atoms with Gasteiger partial charge in [0.2, 0.25) is 0 Å². The molecule has 2 rings (SSSR count). The van der Waals surface area contributed by atoms with Gasteiger partial charge in [0, 0.05) is 26.2 Å². The van der Waals surface area contributed by atoms with Gasteiger partial charge in [-0.2, -0.15) is 5.26 Å². The van der Waals surface area contributed by atoms with E-state index in [9.17, 15) is 9.59 Å². The minimum absolute atomic E-state index is 0.134. The van der Waals surface area contributed by atoms with Gasteiger partial charge in [-0.15, -0.1) is 0 Å². The highest BCUT2D eigenvalue weighted by Crippen LogP contribution is 2.17. The summed E-state index contributed by atoms with van der Waals surface area (Å²) in [6.45, 7) is 7.04. The number of ether oxygens (including phenoxy) is 2. The number of nitrogens with zero attached hydrogens (tertiary/aromatic N) is 3. The highest BCUT2D eigenvalue weighted by Gasteiger charge is 2.27. The van der Waals surface area contributed by atoms with Gasteiger partial charge in [0.05, 0.1) is 5.56 Å². The molecule has 0 unspecified atom stereocenters. The number of nitriles is 1. The largest absolute Gasteiger partial charge is 0.482 e. The molecule has 25 heavy (non-hydrogen) atoms. The number of hydrogen-bond donors (Lipinski definition) is 0. The second-order valence-electron chi connectivity index (χ2n) is 6.74. The molecule has 7 heteroatoms. The molecule has 1 heterocycles. The molecule has 0 saturated carbocycles. The van der Waals surface area contributed by atoms with Crippen LogP contribution in [0.15, 0.2) is 24.3 Å². The van der Waals surface area contributed by atoms with Crippen molar-refractivity contribution in [3.8, 4) is 11.8 Å². The summed E-state index contributed by atoms with van der Waals surface area (Å²) in [5.74, 6) is 0.224. The lowest BCUT2D eigenvalue weighted by Crippen LogP contribution is -2.52. The van der Waals surface area contributed by atoms with Crippen molar-refractivity contribution in [1.82, 2.24) is 9.80 Å². The topological polar surface area (TPSA) is 82.9 Å². The highest BCUT2D eigenvalue weighted by molar-refractivity contribution is 5.78. The van der Waals surface area contributed by atoms with E-state index in [2.05, 4.69) is 0 Å². The van der Waals surface area contributed by atoms with Crippen LogP contribution in [-0.2, 0) is 9.53 Å². The molecule has 0 atom stereocenters. The minimum Gasteiger partial charge on any atom is -0.482 e. The van der Waals surface area contributed by atoms with Crippen LogP contribution in [0.1, 0.15) is 26.3 Å². The smallest absolute Gasteiger partial charge is 0.410 e. The number of benzene rings is 1. The van der Waals surface area contributed by atoms with Crippen LogP contribution in [0.25, 0.3) is 0 Å². The van der Waals surface area contributed by atoms with E-state index in [1.165, 1.54) is 0 Å². The van der Waals surface area contributed by atoms with Crippen molar-refractivity contribution in [1.29, 1.82) is 5.26 Å². The van der Waals surface area contributed by atoms with Gasteiger partial charge in [-0.25, -0.2) is 4.79 Å². The summed E-state index contributed by atoms with van der Waals surface area (Å²) in [6.07, 6.45) is -0.362. The van der Waals surface area contributed by atoms with Crippen LogP contribution in [0.2, 0.25) is 0 Å². The van der Waals surface area contributed by atoms with Crippen molar-refractivity contribution >= 4 is 12.0 Å². The van der Waals surface area contributed by atoms with E-state index in [0.717, 1.165) is 0 Å². The lowest BCUT2D eigenvalue weighted by Gasteiger charge is -2.35. The summed E-state index contributed by atoms with van der Waals surface area (Å²) in [6, 6.07) is 8.81. The van der Waals surface area contributed by atoms with E-state index >= 15 is 0 Å².